The molecule has 144 valence electrons. The van der Waals surface area contributed by atoms with Crippen molar-refractivity contribution < 1.29 is 14.0 Å². The zero-order valence-corrected chi connectivity index (χ0v) is 16.0. The van der Waals surface area contributed by atoms with Crippen LogP contribution in [0.3, 0.4) is 0 Å². The summed E-state index contributed by atoms with van der Waals surface area (Å²) in [7, 11) is 0. The predicted molar refractivity (Wildman–Crippen MR) is 107 cm³/mol. The third kappa shape index (κ3) is 7.09. The van der Waals surface area contributed by atoms with Gasteiger partial charge in [-0.3, -0.25) is 9.59 Å². The number of nitrogens with one attached hydrogen (secondary N) is 2. The second-order valence-corrected chi connectivity index (χ2v) is 6.41. The Balaban J connectivity index is 1.80. The van der Waals surface area contributed by atoms with Gasteiger partial charge in [-0.25, -0.2) is 5.43 Å². The van der Waals surface area contributed by atoms with Crippen LogP contribution in [0, 0.1) is 0 Å². The second kappa shape index (κ2) is 11.0. The van der Waals surface area contributed by atoms with Crippen molar-refractivity contribution in [2.75, 3.05) is 5.32 Å². The first kappa shape index (κ1) is 20.4. The fourth-order valence-corrected chi connectivity index (χ4v) is 2.55. The van der Waals surface area contributed by atoms with Crippen molar-refractivity contribution in [2.45, 2.75) is 52.4 Å². The van der Waals surface area contributed by atoms with E-state index < -0.39 is 0 Å². The van der Waals surface area contributed by atoms with Gasteiger partial charge in [0.1, 0.15) is 0 Å². The zero-order valence-electron chi connectivity index (χ0n) is 16.0. The summed E-state index contributed by atoms with van der Waals surface area (Å²) in [6.07, 6.45) is 7.52. The SMILES string of the molecule is CCCCCCCC(=O)NN=C(C)c1ccc(NC(=O)c2ccco2)cc1. The third-order valence-electron chi connectivity index (χ3n) is 4.16. The molecule has 1 heterocycles. The van der Waals surface area contributed by atoms with E-state index in [1.807, 2.05) is 19.1 Å². The van der Waals surface area contributed by atoms with E-state index in [-0.39, 0.29) is 17.6 Å². The van der Waals surface area contributed by atoms with E-state index in [2.05, 4.69) is 22.8 Å². The predicted octanol–water partition coefficient (Wildman–Crippen LogP) is 4.73. The van der Waals surface area contributed by atoms with Crippen molar-refractivity contribution in [3.63, 3.8) is 0 Å². The number of furan rings is 1. The molecule has 6 heteroatoms. The van der Waals surface area contributed by atoms with Gasteiger partial charge < -0.3 is 9.73 Å². The van der Waals surface area contributed by atoms with Crippen molar-refractivity contribution in [2.24, 2.45) is 5.10 Å². The number of hydrazone groups is 1. The average molecular weight is 369 g/mol. The highest BCUT2D eigenvalue weighted by Crippen LogP contribution is 2.12. The first-order chi connectivity index (χ1) is 13.1. The molecule has 0 saturated carbocycles. The molecule has 0 unspecified atom stereocenters. The normalized spacial score (nSPS) is 11.3. The Morgan fingerprint density at radius 1 is 1.04 bits per heavy atom. The lowest BCUT2D eigenvalue weighted by Crippen LogP contribution is -2.18. The maximum absolute atomic E-state index is 11.9. The molecule has 0 aliphatic heterocycles. The molecule has 0 fully saturated rings. The van der Waals surface area contributed by atoms with Crippen LogP contribution in [0.25, 0.3) is 0 Å². The quantitative estimate of drug-likeness (QED) is 0.361. The van der Waals surface area contributed by atoms with Crippen LogP contribution in [-0.4, -0.2) is 17.5 Å². The maximum Gasteiger partial charge on any atom is 0.291 e. The molecule has 0 saturated heterocycles. The van der Waals surface area contributed by atoms with Crippen LogP contribution in [-0.2, 0) is 4.79 Å². The molecule has 0 spiro atoms. The third-order valence-corrected chi connectivity index (χ3v) is 4.16. The van der Waals surface area contributed by atoms with E-state index >= 15 is 0 Å². The van der Waals surface area contributed by atoms with Crippen LogP contribution in [0.2, 0.25) is 0 Å². The molecule has 1 aromatic heterocycles. The fraction of sp³-hybridized carbons (Fsp3) is 0.381. The lowest BCUT2D eigenvalue weighted by atomic mass is 10.1. The smallest absolute Gasteiger partial charge is 0.291 e. The van der Waals surface area contributed by atoms with Crippen molar-refractivity contribution in [1.29, 1.82) is 0 Å². The van der Waals surface area contributed by atoms with Crippen LogP contribution in [0.1, 0.15) is 68.5 Å². The van der Waals surface area contributed by atoms with E-state index in [1.54, 1.807) is 24.3 Å². The molecule has 27 heavy (non-hydrogen) atoms. The number of hydrogen-bond donors (Lipinski definition) is 2. The molecule has 0 atom stereocenters. The lowest BCUT2D eigenvalue weighted by Gasteiger charge is -2.06. The molecule has 6 nitrogen and oxygen atoms in total. The molecular weight excluding hydrogens is 342 g/mol. The van der Waals surface area contributed by atoms with E-state index in [0.717, 1.165) is 18.4 Å². The topological polar surface area (TPSA) is 83.7 Å². The Morgan fingerprint density at radius 3 is 2.44 bits per heavy atom. The van der Waals surface area contributed by atoms with E-state index in [0.29, 0.717) is 17.8 Å². The molecule has 1 aromatic carbocycles. The Hall–Kier alpha value is -2.89. The summed E-state index contributed by atoms with van der Waals surface area (Å²) in [5, 5.41) is 6.91. The maximum atomic E-state index is 11.9. The first-order valence-corrected chi connectivity index (χ1v) is 9.38. The summed E-state index contributed by atoms with van der Waals surface area (Å²) < 4.78 is 5.06. The summed E-state index contributed by atoms with van der Waals surface area (Å²) in [6, 6.07) is 10.5. The van der Waals surface area contributed by atoms with Crippen molar-refractivity contribution in [3.05, 3.63) is 54.0 Å². The molecule has 0 aliphatic carbocycles. The standard InChI is InChI=1S/C21H27N3O3/c1-3-4-5-6-7-10-20(25)24-23-16(2)17-11-13-18(14-12-17)22-21(26)19-9-8-15-27-19/h8-9,11-15H,3-7,10H2,1-2H3,(H,22,26)(H,24,25). The molecule has 2 aromatic rings. The van der Waals surface area contributed by atoms with Crippen LogP contribution >= 0.6 is 0 Å². The Bertz CT molecular complexity index is 749. The minimum Gasteiger partial charge on any atom is -0.459 e. The van der Waals surface area contributed by atoms with Crippen LogP contribution in [0.5, 0.6) is 0 Å². The minimum absolute atomic E-state index is 0.0619. The molecule has 2 amide bonds. The number of carbonyl (C=O) groups excluding carboxylic acids is 2. The van der Waals surface area contributed by atoms with Gasteiger partial charge in [0, 0.05) is 12.1 Å². The lowest BCUT2D eigenvalue weighted by molar-refractivity contribution is -0.121. The monoisotopic (exact) mass is 369 g/mol. The molecule has 2 N–H and O–H groups in total. The van der Waals surface area contributed by atoms with Gasteiger partial charge in [0.05, 0.1) is 12.0 Å². The molecule has 0 radical (unpaired) electrons. The number of unbranched alkanes of at least 4 members (excludes halogenated alkanes) is 4. The number of anilines is 1. The number of amides is 2. The van der Waals surface area contributed by atoms with Gasteiger partial charge in [0.15, 0.2) is 5.76 Å². The summed E-state index contributed by atoms with van der Waals surface area (Å²) in [4.78, 5) is 23.8. The highest BCUT2D eigenvalue weighted by atomic mass is 16.3. The number of carbonyl (C=O) groups is 2. The van der Waals surface area contributed by atoms with Gasteiger partial charge in [-0.2, -0.15) is 5.10 Å². The summed E-state index contributed by atoms with van der Waals surface area (Å²) in [5.74, 6) is -0.105. The fourth-order valence-electron chi connectivity index (χ4n) is 2.55. The molecule has 0 bridgehead atoms. The zero-order chi connectivity index (χ0) is 19.5. The van der Waals surface area contributed by atoms with Gasteiger partial charge in [0.2, 0.25) is 5.91 Å². The van der Waals surface area contributed by atoms with E-state index in [1.165, 1.54) is 25.5 Å². The highest BCUT2D eigenvalue weighted by molar-refractivity contribution is 6.03. The average Bonchev–Trinajstić information content (AvgIpc) is 3.21. The summed E-state index contributed by atoms with van der Waals surface area (Å²) in [6.45, 7) is 4.00. The number of hydrogen-bond acceptors (Lipinski definition) is 4. The second-order valence-electron chi connectivity index (χ2n) is 6.41. The number of rotatable bonds is 10. The Labute approximate surface area is 160 Å². The van der Waals surface area contributed by atoms with Crippen LogP contribution in [0.4, 0.5) is 5.69 Å². The molecule has 0 aliphatic rings. The van der Waals surface area contributed by atoms with Gasteiger partial charge in [-0.15, -0.1) is 0 Å². The summed E-state index contributed by atoms with van der Waals surface area (Å²) >= 11 is 0. The van der Waals surface area contributed by atoms with Crippen LogP contribution in [0.15, 0.2) is 52.2 Å². The highest BCUT2D eigenvalue weighted by Gasteiger charge is 2.08. The molecular formula is C21H27N3O3. The number of benzene rings is 1. The first-order valence-electron chi connectivity index (χ1n) is 9.38. The van der Waals surface area contributed by atoms with Crippen molar-refractivity contribution in [1.82, 2.24) is 5.43 Å². The van der Waals surface area contributed by atoms with Crippen molar-refractivity contribution in [3.8, 4) is 0 Å². The Kier molecular flexibility index (Phi) is 8.29. The Morgan fingerprint density at radius 2 is 1.78 bits per heavy atom. The molecule has 2 rings (SSSR count). The van der Waals surface area contributed by atoms with E-state index in [4.69, 9.17) is 4.42 Å². The largest absolute Gasteiger partial charge is 0.459 e. The van der Waals surface area contributed by atoms with Crippen molar-refractivity contribution >= 4 is 23.2 Å². The van der Waals surface area contributed by atoms with Gasteiger partial charge in [-0.1, -0.05) is 44.7 Å². The van der Waals surface area contributed by atoms with E-state index in [9.17, 15) is 9.59 Å². The summed E-state index contributed by atoms with van der Waals surface area (Å²) in [5.41, 5.74) is 4.84. The van der Waals surface area contributed by atoms with Gasteiger partial charge >= 0.3 is 0 Å². The van der Waals surface area contributed by atoms with Gasteiger partial charge in [-0.05, 0) is 43.2 Å². The van der Waals surface area contributed by atoms with Gasteiger partial charge in [0.25, 0.3) is 5.91 Å². The van der Waals surface area contributed by atoms with Crippen LogP contribution < -0.4 is 10.7 Å². The minimum atomic E-state index is -0.302. The number of nitrogens with zero attached hydrogens (tertiary/aromatic N) is 1.